The minimum Gasteiger partial charge on any atom is -0.316 e. The highest BCUT2D eigenvalue weighted by molar-refractivity contribution is 6.33. The van der Waals surface area contributed by atoms with Crippen LogP contribution in [0.4, 0.5) is 0 Å². The maximum absolute atomic E-state index is 6.12. The number of nitrogens with zero attached hydrogens (tertiary/aromatic N) is 2. The Bertz CT molecular complexity index is 544. The first-order chi connectivity index (χ1) is 8.24. The average molecular weight is 270 g/mol. The van der Waals surface area contributed by atoms with Crippen LogP contribution in [0, 0.1) is 5.92 Å². The quantitative estimate of drug-likeness (QED) is 0.909. The summed E-state index contributed by atoms with van der Waals surface area (Å²) < 4.78 is 2.00. The highest BCUT2D eigenvalue weighted by Crippen LogP contribution is 2.23. The van der Waals surface area contributed by atoms with Crippen LogP contribution < -0.4 is 5.32 Å². The van der Waals surface area contributed by atoms with E-state index in [9.17, 15) is 0 Å². The third-order valence-corrected chi connectivity index (χ3v) is 3.76. The minimum absolute atomic E-state index is 0.558. The normalized spacial score (nSPS) is 20.2. The Morgan fingerprint density at radius 1 is 1.41 bits per heavy atom. The summed E-state index contributed by atoms with van der Waals surface area (Å²) in [5.74, 6) is 1.65. The molecular formula is C12H13Cl2N3. The first-order valence-electron chi connectivity index (χ1n) is 5.77. The summed E-state index contributed by atoms with van der Waals surface area (Å²) in [7, 11) is 0. The molecule has 0 spiro atoms. The molecule has 0 aromatic carbocycles. The van der Waals surface area contributed by atoms with Gasteiger partial charge in [0.2, 0.25) is 0 Å². The molecule has 3 nitrogen and oxygen atoms in total. The summed E-state index contributed by atoms with van der Waals surface area (Å²) in [4.78, 5) is 4.44. The maximum Gasteiger partial charge on any atom is 0.155 e. The summed E-state index contributed by atoms with van der Waals surface area (Å²) >= 11 is 12.1. The second-order valence-electron chi connectivity index (χ2n) is 4.48. The number of halogens is 2. The third-order valence-electron chi connectivity index (χ3n) is 3.26. The molecule has 2 aromatic rings. The molecule has 1 saturated heterocycles. The Kier molecular flexibility index (Phi) is 2.99. The molecule has 1 atom stereocenters. The van der Waals surface area contributed by atoms with Crippen molar-refractivity contribution in [3.8, 4) is 0 Å². The Morgan fingerprint density at radius 3 is 3.06 bits per heavy atom. The van der Waals surface area contributed by atoms with Crippen molar-refractivity contribution in [2.75, 3.05) is 13.1 Å². The van der Waals surface area contributed by atoms with E-state index >= 15 is 0 Å². The first kappa shape index (κ1) is 11.3. The van der Waals surface area contributed by atoms with Crippen molar-refractivity contribution in [3.05, 3.63) is 34.3 Å². The van der Waals surface area contributed by atoms with Crippen molar-refractivity contribution in [3.63, 3.8) is 0 Å². The summed E-state index contributed by atoms with van der Waals surface area (Å²) in [5, 5.41) is 4.63. The molecule has 3 rings (SSSR count). The molecular weight excluding hydrogens is 257 g/mol. The second-order valence-corrected chi connectivity index (χ2v) is 5.28. The molecule has 90 valence electrons. The van der Waals surface area contributed by atoms with Crippen molar-refractivity contribution >= 4 is 28.7 Å². The molecule has 1 unspecified atom stereocenters. The van der Waals surface area contributed by atoms with Crippen molar-refractivity contribution in [1.82, 2.24) is 14.7 Å². The standard InChI is InChI=1S/C12H13Cl2N3/c13-9-1-2-10-12(14)16-11(17(10)7-9)5-8-3-4-15-6-8/h1-2,7-8,15H,3-6H2. The third kappa shape index (κ3) is 2.15. The molecule has 1 fully saturated rings. The SMILES string of the molecule is Clc1ccc2c(Cl)nc(CC3CCNC3)n2c1. The predicted molar refractivity (Wildman–Crippen MR) is 69.9 cm³/mol. The highest BCUT2D eigenvalue weighted by Gasteiger charge is 2.18. The summed E-state index contributed by atoms with van der Waals surface area (Å²) in [5.41, 5.74) is 0.928. The van der Waals surface area contributed by atoms with Crippen LogP contribution in [0.25, 0.3) is 5.52 Å². The second kappa shape index (κ2) is 4.48. The van der Waals surface area contributed by atoms with Crippen molar-refractivity contribution in [2.24, 2.45) is 5.92 Å². The maximum atomic E-state index is 6.12. The fraction of sp³-hybridized carbons (Fsp3) is 0.417. The van der Waals surface area contributed by atoms with Gasteiger partial charge in [0.25, 0.3) is 0 Å². The number of fused-ring (bicyclic) bond motifs is 1. The van der Waals surface area contributed by atoms with Gasteiger partial charge in [-0.25, -0.2) is 4.98 Å². The number of hydrogen-bond acceptors (Lipinski definition) is 2. The lowest BCUT2D eigenvalue weighted by molar-refractivity contribution is 0.560. The van der Waals surface area contributed by atoms with Gasteiger partial charge in [-0.05, 0) is 37.6 Å². The largest absolute Gasteiger partial charge is 0.316 e. The fourth-order valence-corrected chi connectivity index (χ4v) is 2.78. The topological polar surface area (TPSA) is 29.3 Å². The first-order valence-corrected chi connectivity index (χ1v) is 6.52. The molecule has 1 N–H and O–H groups in total. The zero-order valence-electron chi connectivity index (χ0n) is 9.29. The van der Waals surface area contributed by atoms with Gasteiger partial charge in [-0.3, -0.25) is 0 Å². The van der Waals surface area contributed by atoms with Gasteiger partial charge in [-0.15, -0.1) is 0 Å². The molecule has 1 aliphatic heterocycles. The number of nitrogens with one attached hydrogen (secondary N) is 1. The van der Waals surface area contributed by atoms with Gasteiger partial charge in [0.05, 0.1) is 10.5 Å². The zero-order valence-corrected chi connectivity index (χ0v) is 10.8. The number of aromatic nitrogens is 2. The van der Waals surface area contributed by atoms with E-state index in [0.29, 0.717) is 16.1 Å². The monoisotopic (exact) mass is 269 g/mol. The van der Waals surface area contributed by atoms with Crippen molar-refractivity contribution in [2.45, 2.75) is 12.8 Å². The Morgan fingerprint density at radius 2 is 2.29 bits per heavy atom. The summed E-state index contributed by atoms with van der Waals surface area (Å²) in [6.45, 7) is 2.16. The Labute approximate surface area is 110 Å². The Hall–Kier alpha value is -0.770. The Balaban J connectivity index is 2.00. The number of hydrogen-bond donors (Lipinski definition) is 1. The predicted octanol–water partition coefficient (Wildman–Crippen LogP) is 2.79. The van der Waals surface area contributed by atoms with E-state index in [1.165, 1.54) is 6.42 Å². The molecule has 0 amide bonds. The van der Waals surface area contributed by atoms with Gasteiger partial charge < -0.3 is 9.72 Å². The lowest BCUT2D eigenvalue weighted by atomic mass is 10.1. The molecule has 0 radical (unpaired) electrons. The molecule has 3 heterocycles. The van der Waals surface area contributed by atoms with Crippen LogP contribution in [-0.2, 0) is 6.42 Å². The molecule has 5 heteroatoms. The molecule has 0 saturated carbocycles. The number of imidazole rings is 1. The van der Waals surface area contributed by atoms with E-state index < -0.39 is 0 Å². The van der Waals surface area contributed by atoms with Crippen LogP contribution in [0.5, 0.6) is 0 Å². The zero-order chi connectivity index (χ0) is 11.8. The average Bonchev–Trinajstić information content (AvgIpc) is 2.89. The van der Waals surface area contributed by atoms with Gasteiger partial charge >= 0.3 is 0 Å². The van der Waals surface area contributed by atoms with Gasteiger partial charge in [0.1, 0.15) is 5.82 Å². The van der Waals surface area contributed by atoms with E-state index in [1.54, 1.807) is 0 Å². The van der Waals surface area contributed by atoms with Crippen LogP contribution >= 0.6 is 23.2 Å². The van der Waals surface area contributed by atoms with Crippen LogP contribution in [0.3, 0.4) is 0 Å². The van der Waals surface area contributed by atoms with Crippen LogP contribution in [0.2, 0.25) is 10.2 Å². The van der Waals surface area contributed by atoms with E-state index in [0.717, 1.165) is 30.9 Å². The van der Waals surface area contributed by atoms with E-state index in [1.807, 2.05) is 22.7 Å². The van der Waals surface area contributed by atoms with Crippen LogP contribution in [0.1, 0.15) is 12.2 Å². The highest BCUT2D eigenvalue weighted by atomic mass is 35.5. The molecule has 0 aliphatic carbocycles. The van der Waals surface area contributed by atoms with E-state index in [4.69, 9.17) is 23.2 Å². The van der Waals surface area contributed by atoms with Gasteiger partial charge in [0.15, 0.2) is 5.15 Å². The van der Waals surface area contributed by atoms with Gasteiger partial charge in [-0.2, -0.15) is 0 Å². The lowest BCUT2D eigenvalue weighted by Crippen LogP contribution is -2.12. The van der Waals surface area contributed by atoms with Crippen LogP contribution in [0.15, 0.2) is 18.3 Å². The lowest BCUT2D eigenvalue weighted by Gasteiger charge is -2.07. The molecule has 1 aliphatic rings. The van der Waals surface area contributed by atoms with Crippen molar-refractivity contribution < 1.29 is 0 Å². The molecule has 17 heavy (non-hydrogen) atoms. The minimum atomic E-state index is 0.558. The van der Waals surface area contributed by atoms with E-state index in [-0.39, 0.29) is 0 Å². The number of rotatable bonds is 2. The van der Waals surface area contributed by atoms with Crippen molar-refractivity contribution in [1.29, 1.82) is 0 Å². The van der Waals surface area contributed by atoms with Crippen LogP contribution in [-0.4, -0.2) is 22.5 Å². The molecule has 2 aromatic heterocycles. The van der Waals surface area contributed by atoms with Gasteiger partial charge in [-0.1, -0.05) is 23.2 Å². The smallest absolute Gasteiger partial charge is 0.155 e. The number of pyridine rings is 1. The fourth-order valence-electron chi connectivity index (χ4n) is 2.37. The molecule has 0 bridgehead atoms. The van der Waals surface area contributed by atoms with Gasteiger partial charge in [0, 0.05) is 12.6 Å². The summed E-state index contributed by atoms with van der Waals surface area (Å²) in [6, 6.07) is 3.75. The summed E-state index contributed by atoms with van der Waals surface area (Å²) in [6.07, 6.45) is 4.03. The van der Waals surface area contributed by atoms with E-state index in [2.05, 4.69) is 10.3 Å².